The Balaban J connectivity index is 0.00000202. The summed E-state index contributed by atoms with van der Waals surface area (Å²) in [5.41, 5.74) is 2.61. The Morgan fingerprint density at radius 1 is 1.00 bits per heavy atom. The van der Waals surface area contributed by atoms with Crippen LogP contribution in [0.25, 0.3) is 0 Å². The molecule has 12 heteroatoms. The largest absolute Gasteiger partial charge is 0.371 e. The lowest BCUT2D eigenvalue weighted by molar-refractivity contribution is -0.0222. The summed E-state index contributed by atoms with van der Waals surface area (Å²) in [4.78, 5) is 26.4. The number of nitrogens with zero attached hydrogens (tertiary/aromatic N) is 4. The minimum Gasteiger partial charge on any atom is -0.371 e. The van der Waals surface area contributed by atoms with Crippen molar-refractivity contribution < 1.29 is 24.8 Å². The van der Waals surface area contributed by atoms with Crippen molar-refractivity contribution in [3.63, 3.8) is 0 Å². The first-order valence-electron chi connectivity index (χ1n) is 14.2. The van der Waals surface area contributed by atoms with Gasteiger partial charge in [0.15, 0.2) is 0 Å². The highest BCUT2D eigenvalue weighted by Crippen LogP contribution is 2.54. The van der Waals surface area contributed by atoms with Crippen LogP contribution in [0.2, 0.25) is 0 Å². The number of hydrogen-bond acceptors (Lipinski definition) is 7. The maximum Gasteiger partial charge on any atom is 0.258 e. The fourth-order valence-electron chi connectivity index (χ4n) is 5.74. The monoisotopic (exact) mass is 578 g/mol. The first-order chi connectivity index (χ1) is 19.0. The number of halogens is 2. The molecule has 0 bridgehead atoms. The van der Waals surface area contributed by atoms with E-state index in [9.17, 15) is 22.0 Å². The number of aromatic nitrogens is 2. The van der Waals surface area contributed by atoms with Crippen molar-refractivity contribution in [3.05, 3.63) is 35.5 Å². The molecular formula is C28H40F2N6O3S. The Hall–Kier alpha value is -3.02. The Morgan fingerprint density at radius 3 is 2.33 bits per heavy atom. The number of anilines is 4. The zero-order valence-corrected chi connectivity index (χ0v) is 23.6. The first kappa shape index (κ1) is 27.2. The minimum absolute atomic E-state index is 0. The summed E-state index contributed by atoms with van der Waals surface area (Å²) < 4.78 is 55.3. The molecule has 0 unspecified atom stereocenters. The maximum absolute atomic E-state index is 13.7. The molecule has 4 aliphatic rings. The van der Waals surface area contributed by atoms with Crippen molar-refractivity contribution >= 4 is 39.1 Å². The van der Waals surface area contributed by atoms with E-state index in [4.69, 9.17) is 0 Å². The smallest absolute Gasteiger partial charge is 0.258 e. The molecule has 4 fully saturated rings. The standard InChI is InChI=1S/C28H36F2N6O3S.2H2/c1-19-16-24(33-26(31-19)36-14-10-28(29,30)11-15-36)32-25(37)22-5-4-21(34-40(38,39)18-20-2-3-20)17-23(22)35-12-8-27(6-7-27)9-13-35;;/h4-5,16-17,20,34H,2-3,6-15,18H2,1H3,(H,31,32,33,37);2*1H. The van der Waals surface area contributed by atoms with Gasteiger partial charge in [0.1, 0.15) is 5.82 Å². The second-order valence-corrected chi connectivity index (χ2v) is 13.8. The molecule has 1 spiro atoms. The quantitative estimate of drug-likeness (QED) is 0.438. The van der Waals surface area contributed by atoms with Gasteiger partial charge in [-0.25, -0.2) is 22.2 Å². The average Bonchev–Trinajstić information content (AvgIpc) is 3.83. The predicted octanol–water partition coefficient (Wildman–Crippen LogP) is 5.30. The van der Waals surface area contributed by atoms with E-state index in [2.05, 4.69) is 24.9 Å². The maximum atomic E-state index is 13.7. The molecule has 220 valence electrons. The summed E-state index contributed by atoms with van der Waals surface area (Å²) in [6.45, 7) is 3.66. The fraction of sp³-hybridized carbons (Fsp3) is 0.607. The second-order valence-electron chi connectivity index (χ2n) is 12.0. The zero-order chi connectivity index (χ0) is 28.1. The molecule has 9 nitrogen and oxygen atoms in total. The fourth-order valence-corrected chi connectivity index (χ4v) is 7.26. The Morgan fingerprint density at radius 2 is 1.68 bits per heavy atom. The van der Waals surface area contributed by atoms with E-state index in [1.54, 1.807) is 36.1 Å². The number of piperidine rings is 2. The van der Waals surface area contributed by atoms with Crippen molar-refractivity contribution in [1.29, 1.82) is 0 Å². The van der Waals surface area contributed by atoms with Gasteiger partial charge < -0.3 is 15.1 Å². The zero-order valence-electron chi connectivity index (χ0n) is 22.8. The van der Waals surface area contributed by atoms with Crippen LogP contribution < -0.4 is 19.8 Å². The number of nitrogens with one attached hydrogen (secondary N) is 2. The molecule has 6 rings (SSSR count). The molecule has 40 heavy (non-hydrogen) atoms. The van der Waals surface area contributed by atoms with Gasteiger partial charge >= 0.3 is 0 Å². The normalized spacial score (nSPS) is 21.8. The highest BCUT2D eigenvalue weighted by Gasteiger charge is 2.44. The van der Waals surface area contributed by atoms with Crippen LogP contribution in [0.3, 0.4) is 0 Å². The number of aryl methyl sites for hydroxylation is 1. The molecule has 1 aromatic heterocycles. The number of carbonyl (C=O) groups excluding carboxylic acids is 1. The van der Waals surface area contributed by atoms with E-state index >= 15 is 0 Å². The number of carbonyl (C=O) groups is 1. The van der Waals surface area contributed by atoms with Crippen LogP contribution >= 0.6 is 0 Å². The van der Waals surface area contributed by atoms with Crippen LogP contribution in [-0.4, -0.2) is 62.1 Å². The van der Waals surface area contributed by atoms with E-state index < -0.39 is 15.9 Å². The third-order valence-corrected chi connectivity index (χ3v) is 10.1. The molecule has 1 amide bonds. The molecule has 2 saturated carbocycles. The second kappa shape index (κ2) is 10.1. The Labute approximate surface area is 236 Å². The lowest BCUT2D eigenvalue weighted by Gasteiger charge is -2.35. The van der Waals surface area contributed by atoms with E-state index in [-0.39, 0.29) is 46.4 Å². The van der Waals surface area contributed by atoms with Crippen LogP contribution in [0, 0.1) is 18.3 Å². The molecule has 2 aromatic rings. The predicted molar refractivity (Wildman–Crippen MR) is 155 cm³/mol. The molecule has 2 aliphatic carbocycles. The van der Waals surface area contributed by atoms with E-state index in [0.717, 1.165) is 38.8 Å². The molecule has 2 N–H and O–H groups in total. The van der Waals surface area contributed by atoms with Gasteiger partial charge in [0.2, 0.25) is 16.0 Å². The number of hydrogen-bond donors (Lipinski definition) is 2. The molecule has 0 atom stereocenters. The molecule has 3 heterocycles. The molecule has 2 saturated heterocycles. The molecular weight excluding hydrogens is 538 g/mol. The van der Waals surface area contributed by atoms with Crippen LogP contribution in [0.4, 0.5) is 31.9 Å². The SMILES string of the molecule is Cc1cc(NC(=O)c2ccc(NS(=O)(=O)CC3CC3)cc2N2CCC3(CC2)CC3)nc(N2CCC(F)(F)CC2)n1.[HH].[HH]. The third-order valence-electron chi connectivity index (χ3n) is 8.65. The number of alkyl halides is 2. The number of amides is 1. The Kier molecular flexibility index (Phi) is 6.87. The minimum atomic E-state index is -3.47. The van der Waals surface area contributed by atoms with Crippen LogP contribution in [0.15, 0.2) is 24.3 Å². The topological polar surface area (TPSA) is 108 Å². The van der Waals surface area contributed by atoms with Gasteiger partial charge in [0.25, 0.3) is 11.8 Å². The summed E-state index contributed by atoms with van der Waals surface area (Å²) >= 11 is 0. The third kappa shape index (κ3) is 6.31. The van der Waals surface area contributed by atoms with Gasteiger partial charge in [-0.1, -0.05) is 0 Å². The van der Waals surface area contributed by atoms with Crippen molar-refractivity contribution in [2.45, 2.75) is 64.2 Å². The van der Waals surface area contributed by atoms with Gasteiger partial charge in [0, 0.05) is 53.6 Å². The number of benzene rings is 1. The lowest BCUT2D eigenvalue weighted by Crippen LogP contribution is -2.40. The summed E-state index contributed by atoms with van der Waals surface area (Å²) in [7, 11) is -3.47. The average molecular weight is 579 g/mol. The summed E-state index contributed by atoms with van der Waals surface area (Å²) in [5.74, 6) is -2.11. The van der Waals surface area contributed by atoms with Crippen molar-refractivity contribution in [1.82, 2.24) is 9.97 Å². The van der Waals surface area contributed by atoms with E-state index in [0.29, 0.717) is 39.8 Å². The number of sulfonamides is 1. The highest BCUT2D eigenvalue weighted by atomic mass is 32.2. The molecule has 0 radical (unpaired) electrons. The van der Waals surface area contributed by atoms with Gasteiger partial charge in [-0.3, -0.25) is 9.52 Å². The number of rotatable bonds is 8. The van der Waals surface area contributed by atoms with Gasteiger partial charge in [-0.15, -0.1) is 0 Å². The van der Waals surface area contributed by atoms with Crippen molar-refractivity contribution in [3.8, 4) is 0 Å². The van der Waals surface area contributed by atoms with Crippen LogP contribution in [-0.2, 0) is 10.0 Å². The van der Waals surface area contributed by atoms with Crippen LogP contribution in [0.1, 0.15) is 70.3 Å². The van der Waals surface area contributed by atoms with Crippen molar-refractivity contribution in [2.75, 3.05) is 51.8 Å². The van der Waals surface area contributed by atoms with E-state index in [1.165, 1.54) is 12.8 Å². The summed E-state index contributed by atoms with van der Waals surface area (Å²) in [5, 5.41) is 2.87. The van der Waals surface area contributed by atoms with Gasteiger partial charge in [-0.2, -0.15) is 4.98 Å². The summed E-state index contributed by atoms with van der Waals surface area (Å²) in [6.07, 6.45) is 5.96. The molecule has 1 aromatic carbocycles. The first-order valence-corrected chi connectivity index (χ1v) is 15.8. The lowest BCUT2D eigenvalue weighted by atomic mass is 9.93. The molecule has 2 aliphatic heterocycles. The summed E-state index contributed by atoms with van der Waals surface area (Å²) in [6, 6.07) is 6.69. The highest BCUT2D eigenvalue weighted by molar-refractivity contribution is 7.92. The van der Waals surface area contributed by atoms with Gasteiger partial charge in [0.05, 0.1) is 22.7 Å². The van der Waals surface area contributed by atoms with Crippen LogP contribution in [0.5, 0.6) is 0 Å². The van der Waals surface area contributed by atoms with E-state index in [1.807, 2.05) is 0 Å². The van der Waals surface area contributed by atoms with Crippen molar-refractivity contribution in [2.24, 2.45) is 11.3 Å². The van der Waals surface area contributed by atoms with Gasteiger partial charge in [-0.05, 0) is 75.0 Å². The Bertz CT molecular complexity index is 1400.